The van der Waals surface area contributed by atoms with Gasteiger partial charge in [-0.25, -0.2) is 0 Å². The Morgan fingerprint density at radius 2 is 1.74 bits per heavy atom. The van der Waals surface area contributed by atoms with Gasteiger partial charge in [0.1, 0.15) is 5.75 Å². The minimum absolute atomic E-state index is 0.599. The van der Waals surface area contributed by atoms with Crippen LogP contribution in [0.1, 0.15) is 18.6 Å². The first-order chi connectivity index (χ1) is 9.11. The Hall–Kier alpha value is -1.52. The summed E-state index contributed by atoms with van der Waals surface area (Å²) >= 11 is 3.40. The van der Waals surface area contributed by atoms with E-state index in [1.807, 2.05) is 42.5 Å². The van der Waals surface area contributed by atoms with Crippen LogP contribution >= 0.6 is 15.9 Å². The number of halogens is 1. The van der Waals surface area contributed by atoms with Gasteiger partial charge in [0.15, 0.2) is 11.5 Å². The highest BCUT2D eigenvalue weighted by molar-refractivity contribution is 9.10. The highest BCUT2D eigenvalue weighted by Gasteiger charge is 2.12. The van der Waals surface area contributed by atoms with Crippen molar-refractivity contribution in [2.45, 2.75) is 13.0 Å². The average Bonchev–Trinajstić information content (AvgIpc) is 2.39. The predicted octanol–water partition coefficient (Wildman–Crippen LogP) is 4.30. The van der Waals surface area contributed by atoms with Gasteiger partial charge in [0, 0.05) is 10.0 Å². The second kappa shape index (κ2) is 6.08. The molecule has 0 radical (unpaired) electrons. The zero-order valence-electron chi connectivity index (χ0n) is 10.8. The third-order valence-electron chi connectivity index (χ3n) is 2.71. The molecule has 19 heavy (non-hydrogen) atoms. The lowest BCUT2D eigenvalue weighted by molar-refractivity contribution is 0.195. The highest BCUT2D eigenvalue weighted by atomic mass is 79.9. The maximum atomic E-state index is 9.77. The summed E-state index contributed by atoms with van der Waals surface area (Å²) in [6, 6.07) is 12.9. The van der Waals surface area contributed by atoms with Crippen LogP contribution in [0.5, 0.6) is 17.2 Å². The van der Waals surface area contributed by atoms with E-state index < -0.39 is 6.10 Å². The molecule has 1 atom stereocenters. The molecule has 0 fully saturated rings. The molecule has 2 rings (SSSR count). The van der Waals surface area contributed by atoms with Gasteiger partial charge in [-0.2, -0.15) is 0 Å². The minimum atomic E-state index is -0.599. The monoisotopic (exact) mass is 322 g/mol. The van der Waals surface area contributed by atoms with Crippen molar-refractivity contribution < 1.29 is 14.6 Å². The standard InChI is InChI=1S/C15H15BrO3/c1-10(17)12-8-7-11(16)9-15(12)19-14-6-4-3-5-13(14)18-2/h3-10,17H,1-2H3. The SMILES string of the molecule is COc1ccccc1Oc1cc(Br)ccc1C(C)O. The Labute approximate surface area is 120 Å². The second-order valence-corrected chi connectivity index (χ2v) is 5.03. The number of benzene rings is 2. The van der Waals surface area contributed by atoms with Gasteiger partial charge in [-0.05, 0) is 31.2 Å². The number of hydrogen-bond donors (Lipinski definition) is 1. The van der Waals surface area contributed by atoms with Crippen molar-refractivity contribution in [2.24, 2.45) is 0 Å². The molecule has 0 aliphatic carbocycles. The zero-order valence-corrected chi connectivity index (χ0v) is 12.3. The van der Waals surface area contributed by atoms with Gasteiger partial charge in [-0.3, -0.25) is 0 Å². The number of ether oxygens (including phenoxy) is 2. The van der Waals surface area contributed by atoms with Crippen LogP contribution in [-0.4, -0.2) is 12.2 Å². The average molecular weight is 323 g/mol. The maximum Gasteiger partial charge on any atom is 0.169 e. The van der Waals surface area contributed by atoms with Crippen molar-refractivity contribution in [3.05, 3.63) is 52.5 Å². The smallest absolute Gasteiger partial charge is 0.169 e. The van der Waals surface area contributed by atoms with Gasteiger partial charge in [0.05, 0.1) is 13.2 Å². The van der Waals surface area contributed by atoms with Crippen molar-refractivity contribution in [3.63, 3.8) is 0 Å². The van der Waals surface area contributed by atoms with Crippen LogP contribution in [-0.2, 0) is 0 Å². The fourth-order valence-corrected chi connectivity index (χ4v) is 2.10. The highest BCUT2D eigenvalue weighted by Crippen LogP contribution is 2.36. The lowest BCUT2D eigenvalue weighted by atomic mass is 10.1. The summed E-state index contributed by atoms with van der Waals surface area (Å²) in [5.41, 5.74) is 0.731. The van der Waals surface area contributed by atoms with Crippen LogP contribution in [0, 0.1) is 0 Å². The molecule has 2 aromatic rings. The normalized spacial score (nSPS) is 12.0. The van der Waals surface area contributed by atoms with E-state index in [1.165, 1.54) is 0 Å². The zero-order chi connectivity index (χ0) is 13.8. The van der Waals surface area contributed by atoms with Gasteiger partial charge in [-0.1, -0.05) is 34.1 Å². The van der Waals surface area contributed by atoms with Crippen LogP contribution in [0.15, 0.2) is 46.9 Å². The Morgan fingerprint density at radius 3 is 2.37 bits per heavy atom. The number of rotatable bonds is 4. The summed E-state index contributed by atoms with van der Waals surface area (Å²) in [5.74, 6) is 1.87. The van der Waals surface area contributed by atoms with Crippen molar-refractivity contribution in [3.8, 4) is 17.2 Å². The van der Waals surface area contributed by atoms with Gasteiger partial charge >= 0.3 is 0 Å². The molecule has 0 aliphatic heterocycles. The molecule has 100 valence electrons. The van der Waals surface area contributed by atoms with E-state index in [9.17, 15) is 5.11 Å². The van der Waals surface area contributed by atoms with Crippen molar-refractivity contribution >= 4 is 15.9 Å². The molecular weight excluding hydrogens is 308 g/mol. The van der Waals surface area contributed by atoms with Gasteiger partial charge in [0.2, 0.25) is 0 Å². The molecule has 0 aromatic heterocycles. The quantitative estimate of drug-likeness (QED) is 0.911. The summed E-state index contributed by atoms with van der Waals surface area (Å²) in [5, 5.41) is 9.77. The van der Waals surface area contributed by atoms with E-state index in [1.54, 1.807) is 14.0 Å². The Balaban J connectivity index is 2.39. The molecule has 0 amide bonds. The third kappa shape index (κ3) is 3.28. The summed E-state index contributed by atoms with van der Waals surface area (Å²) in [6.45, 7) is 1.71. The van der Waals surface area contributed by atoms with E-state index >= 15 is 0 Å². The first-order valence-corrected chi connectivity index (χ1v) is 6.69. The lowest BCUT2D eigenvalue weighted by Gasteiger charge is -2.15. The summed E-state index contributed by atoms with van der Waals surface area (Å²) < 4.78 is 12.0. The topological polar surface area (TPSA) is 38.7 Å². The fourth-order valence-electron chi connectivity index (χ4n) is 1.76. The molecule has 3 nitrogen and oxygen atoms in total. The van der Waals surface area contributed by atoms with Crippen molar-refractivity contribution in [1.29, 1.82) is 0 Å². The molecule has 4 heteroatoms. The number of methoxy groups -OCH3 is 1. The second-order valence-electron chi connectivity index (χ2n) is 4.11. The Bertz CT molecular complexity index is 567. The summed E-state index contributed by atoms with van der Waals surface area (Å²) in [4.78, 5) is 0. The predicted molar refractivity (Wildman–Crippen MR) is 77.8 cm³/mol. The first-order valence-electron chi connectivity index (χ1n) is 5.90. The third-order valence-corrected chi connectivity index (χ3v) is 3.21. The van der Waals surface area contributed by atoms with E-state index in [0.717, 1.165) is 10.0 Å². The van der Waals surface area contributed by atoms with Crippen molar-refractivity contribution in [2.75, 3.05) is 7.11 Å². The number of aliphatic hydroxyl groups is 1. The molecule has 0 aliphatic rings. The Morgan fingerprint density at radius 1 is 1.05 bits per heavy atom. The molecule has 2 aromatic carbocycles. The van der Waals surface area contributed by atoms with Crippen LogP contribution in [0.2, 0.25) is 0 Å². The number of aliphatic hydroxyl groups excluding tert-OH is 1. The van der Waals surface area contributed by atoms with Crippen LogP contribution in [0.4, 0.5) is 0 Å². The summed E-state index contributed by atoms with van der Waals surface area (Å²) in [7, 11) is 1.60. The lowest BCUT2D eigenvalue weighted by Crippen LogP contribution is -1.97. The molecular formula is C15H15BrO3. The number of hydrogen-bond acceptors (Lipinski definition) is 3. The van der Waals surface area contributed by atoms with Gasteiger partial charge < -0.3 is 14.6 Å². The van der Waals surface area contributed by atoms with Crippen LogP contribution in [0.3, 0.4) is 0 Å². The molecule has 1 N–H and O–H groups in total. The Kier molecular flexibility index (Phi) is 4.45. The molecule has 0 heterocycles. The molecule has 0 bridgehead atoms. The first kappa shape index (κ1) is 13.9. The number of para-hydroxylation sites is 2. The molecule has 0 saturated carbocycles. The fraction of sp³-hybridized carbons (Fsp3) is 0.200. The molecule has 0 saturated heterocycles. The van der Waals surface area contributed by atoms with E-state index in [-0.39, 0.29) is 0 Å². The van der Waals surface area contributed by atoms with E-state index in [4.69, 9.17) is 9.47 Å². The largest absolute Gasteiger partial charge is 0.493 e. The molecule has 0 spiro atoms. The van der Waals surface area contributed by atoms with E-state index in [2.05, 4.69) is 15.9 Å². The minimum Gasteiger partial charge on any atom is -0.493 e. The van der Waals surface area contributed by atoms with Gasteiger partial charge in [0.25, 0.3) is 0 Å². The van der Waals surface area contributed by atoms with Crippen LogP contribution < -0.4 is 9.47 Å². The molecule has 1 unspecified atom stereocenters. The summed E-state index contributed by atoms with van der Waals surface area (Å²) in [6.07, 6.45) is -0.599. The van der Waals surface area contributed by atoms with E-state index in [0.29, 0.717) is 17.2 Å². The maximum absolute atomic E-state index is 9.77. The van der Waals surface area contributed by atoms with Crippen LogP contribution in [0.25, 0.3) is 0 Å². The van der Waals surface area contributed by atoms with Gasteiger partial charge in [-0.15, -0.1) is 0 Å². The van der Waals surface area contributed by atoms with Crippen molar-refractivity contribution in [1.82, 2.24) is 0 Å².